The summed E-state index contributed by atoms with van der Waals surface area (Å²) < 4.78 is 31.7. The zero-order valence-electron chi connectivity index (χ0n) is 25.7. The van der Waals surface area contributed by atoms with Crippen LogP contribution in [0.2, 0.25) is 0 Å². The SMILES string of the molecule is C=NCCc1ccc(CCOCC2OC(O)C(OCc3ccccc3)C(OCc3ccccc3)[C@H]2OCc2ccccc2)cc1. The fourth-order valence-corrected chi connectivity index (χ4v) is 5.37. The van der Waals surface area contributed by atoms with Crippen molar-refractivity contribution in [3.8, 4) is 0 Å². The highest BCUT2D eigenvalue weighted by Crippen LogP contribution is 2.30. The quantitative estimate of drug-likeness (QED) is 0.118. The van der Waals surface area contributed by atoms with Gasteiger partial charge in [-0.1, -0.05) is 115 Å². The maximum atomic E-state index is 11.3. The van der Waals surface area contributed by atoms with Crippen LogP contribution >= 0.6 is 0 Å². The number of aliphatic hydroxyl groups is 1. The van der Waals surface area contributed by atoms with Crippen LogP contribution in [0.25, 0.3) is 0 Å². The van der Waals surface area contributed by atoms with Crippen LogP contribution in [0.15, 0.2) is 120 Å². The van der Waals surface area contributed by atoms with Gasteiger partial charge in [0.25, 0.3) is 0 Å². The first-order valence-corrected chi connectivity index (χ1v) is 15.6. The number of aliphatic hydroxyl groups excluding tert-OH is 1. The Labute approximate surface area is 266 Å². The third-order valence-electron chi connectivity index (χ3n) is 7.86. The van der Waals surface area contributed by atoms with Crippen molar-refractivity contribution < 1.29 is 28.8 Å². The summed E-state index contributed by atoms with van der Waals surface area (Å²) in [5.74, 6) is 0. The van der Waals surface area contributed by atoms with Crippen molar-refractivity contribution in [1.82, 2.24) is 0 Å². The average Bonchev–Trinajstić information content (AvgIpc) is 3.09. The topological polar surface area (TPSA) is 78.7 Å². The van der Waals surface area contributed by atoms with Crippen molar-refractivity contribution in [3.63, 3.8) is 0 Å². The van der Waals surface area contributed by atoms with Gasteiger partial charge >= 0.3 is 0 Å². The average molecular weight is 610 g/mol. The van der Waals surface area contributed by atoms with Crippen LogP contribution in [0, 0.1) is 0 Å². The van der Waals surface area contributed by atoms with Crippen molar-refractivity contribution in [2.75, 3.05) is 19.8 Å². The molecular weight excluding hydrogens is 566 g/mol. The summed E-state index contributed by atoms with van der Waals surface area (Å²) in [6, 6.07) is 38.3. The minimum atomic E-state index is -1.22. The highest BCUT2D eigenvalue weighted by atomic mass is 16.7. The lowest BCUT2D eigenvalue weighted by atomic mass is 9.98. The van der Waals surface area contributed by atoms with Crippen LogP contribution in [0.3, 0.4) is 0 Å². The van der Waals surface area contributed by atoms with Gasteiger partial charge in [-0.05, 0) is 47.4 Å². The van der Waals surface area contributed by atoms with Gasteiger partial charge in [-0.3, -0.25) is 0 Å². The predicted octanol–water partition coefficient (Wildman–Crippen LogP) is 5.96. The molecular formula is C38H43NO6. The Morgan fingerprint density at radius 2 is 1.04 bits per heavy atom. The highest BCUT2D eigenvalue weighted by molar-refractivity contribution is 5.25. The molecule has 0 bridgehead atoms. The molecule has 4 aromatic carbocycles. The van der Waals surface area contributed by atoms with Gasteiger partial charge in [0, 0.05) is 6.54 Å². The molecule has 0 aliphatic carbocycles. The molecule has 1 heterocycles. The number of nitrogens with zero attached hydrogens (tertiary/aromatic N) is 1. The van der Waals surface area contributed by atoms with Crippen LogP contribution in [0.4, 0.5) is 0 Å². The smallest absolute Gasteiger partial charge is 0.184 e. The van der Waals surface area contributed by atoms with Gasteiger partial charge in [0.15, 0.2) is 6.29 Å². The predicted molar refractivity (Wildman–Crippen MR) is 175 cm³/mol. The first-order valence-electron chi connectivity index (χ1n) is 15.6. The van der Waals surface area contributed by atoms with Crippen molar-refractivity contribution in [2.24, 2.45) is 4.99 Å². The van der Waals surface area contributed by atoms with Crippen LogP contribution in [0.1, 0.15) is 27.8 Å². The number of hydrogen-bond acceptors (Lipinski definition) is 7. The van der Waals surface area contributed by atoms with E-state index in [1.54, 1.807) is 0 Å². The van der Waals surface area contributed by atoms with Crippen LogP contribution in [-0.2, 0) is 56.3 Å². The Bertz CT molecular complexity index is 1390. The summed E-state index contributed by atoms with van der Waals surface area (Å²) in [5.41, 5.74) is 5.45. The summed E-state index contributed by atoms with van der Waals surface area (Å²) in [6.07, 6.45) is -2.12. The first-order chi connectivity index (χ1) is 22.2. The second kappa shape index (κ2) is 17.7. The molecule has 1 aliphatic heterocycles. The van der Waals surface area contributed by atoms with Gasteiger partial charge in [-0.2, -0.15) is 0 Å². The fourth-order valence-electron chi connectivity index (χ4n) is 5.37. The van der Waals surface area contributed by atoms with Gasteiger partial charge in [0.2, 0.25) is 0 Å². The Morgan fingerprint density at radius 3 is 1.56 bits per heavy atom. The van der Waals surface area contributed by atoms with Gasteiger partial charge in [-0.15, -0.1) is 0 Å². The molecule has 45 heavy (non-hydrogen) atoms. The van der Waals surface area contributed by atoms with Gasteiger partial charge in [0.1, 0.15) is 24.4 Å². The Morgan fingerprint density at radius 1 is 0.578 bits per heavy atom. The normalized spacial score (nSPS) is 21.4. The molecule has 0 aromatic heterocycles. The van der Waals surface area contributed by atoms with E-state index in [0.29, 0.717) is 26.4 Å². The molecule has 5 atom stereocenters. The number of rotatable bonds is 17. The molecule has 5 rings (SSSR count). The molecule has 236 valence electrons. The Balaban J connectivity index is 1.29. The molecule has 7 heteroatoms. The minimum absolute atomic E-state index is 0.232. The molecule has 4 aromatic rings. The second-order valence-corrected chi connectivity index (χ2v) is 11.2. The zero-order valence-corrected chi connectivity index (χ0v) is 25.7. The van der Waals surface area contributed by atoms with E-state index in [1.165, 1.54) is 11.1 Å². The summed E-state index contributed by atoms with van der Waals surface area (Å²) in [4.78, 5) is 3.93. The number of benzene rings is 4. The Kier molecular flexibility index (Phi) is 12.9. The monoisotopic (exact) mass is 609 g/mol. The summed E-state index contributed by atoms with van der Waals surface area (Å²) in [6.45, 7) is 5.99. The van der Waals surface area contributed by atoms with Gasteiger partial charge < -0.3 is 33.8 Å². The summed E-state index contributed by atoms with van der Waals surface area (Å²) in [7, 11) is 0. The summed E-state index contributed by atoms with van der Waals surface area (Å²) >= 11 is 0. The van der Waals surface area contributed by atoms with E-state index in [9.17, 15) is 5.11 Å². The van der Waals surface area contributed by atoms with Gasteiger partial charge in [0.05, 0.1) is 33.0 Å². The molecule has 4 unspecified atom stereocenters. The molecule has 1 fully saturated rings. The number of aliphatic imine (C=N–C) groups is 1. The third kappa shape index (κ3) is 10.2. The van der Waals surface area contributed by atoms with Crippen molar-refractivity contribution in [1.29, 1.82) is 0 Å². The van der Waals surface area contributed by atoms with E-state index in [1.807, 2.05) is 91.0 Å². The lowest BCUT2D eigenvalue weighted by Crippen LogP contribution is -2.61. The fraction of sp³-hybridized carbons (Fsp3) is 0.342. The molecule has 0 spiro atoms. The molecule has 7 nitrogen and oxygen atoms in total. The Hall–Kier alpha value is -3.69. The number of ether oxygens (including phenoxy) is 5. The first kappa shape index (κ1) is 32.7. The minimum Gasteiger partial charge on any atom is -0.378 e. The van der Waals surface area contributed by atoms with E-state index in [0.717, 1.165) is 36.1 Å². The van der Waals surface area contributed by atoms with E-state index in [4.69, 9.17) is 23.7 Å². The van der Waals surface area contributed by atoms with E-state index < -0.39 is 30.7 Å². The lowest BCUT2D eigenvalue weighted by Gasteiger charge is -2.44. The van der Waals surface area contributed by atoms with Crippen molar-refractivity contribution in [2.45, 2.75) is 63.4 Å². The van der Waals surface area contributed by atoms with Gasteiger partial charge in [-0.25, -0.2) is 0 Å². The van der Waals surface area contributed by atoms with Crippen LogP contribution < -0.4 is 0 Å². The molecule has 0 saturated carbocycles. The molecule has 0 radical (unpaired) electrons. The molecule has 1 N–H and O–H groups in total. The standard InChI is InChI=1S/C38H43NO6/c1-39-23-21-29-17-19-30(20-18-29)22-24-41-28-34-35(42-25-31-11-5-2-6-12-31)36(43-26-32-13-7-3-8-14-32)37(38(40)45-34)44-27-33-15-9-4-10-16-33/h2-20,34-38,40H,1,21-28H2/t34?,35-,36?,37?,38?/m0/s1. The highest BCUT2D eigenvalue weighted by Gasteiger charge is 2.48. The maximum Gasteiger partial charge on any atom is 0.184 e. The third-order valence-corrected chi connectivity index (χ3v) is 7.86. The van der Waals surface area contributed by atoms with E-state index in [2.05, 4.69) is 36.0 Å². The lowest BCUT2D eigenvalue weighted by molar-refractivity contribution is -0.317. The van der Waals surface area contributed by atoms with Crippen molar-refractivity contribution >= 4 is 6.72 Å². The summed E-state index contributed by atoms with van der Waals surface area (Å²) in [5, 5.41) is 11.3. The van der Waals surface area contributed by atoms with E-state index in [-0.39, 0.29) is 6.61 Å². The van der Waals surface area contributed by atoms with Crippen LogP contribution in [-0.4, -0.2) is 62.3 Å². The molecule has 0 amide bonds. The zero-order chi connectivity index (χ0) is 31.1. The number of hydrogen-bond donors (Lipinski definition) is 1. The maximum absolute atomic E-state index is 11.3. The van der Waals surface area contributed by atoms with E-state index >= 15 is 0 Å². The second-order valence-electron chi connectivity index (χ2n) is 11.2. The van der Waals surface area contributed by atoms with Crippen molar-refractivity contribution in [3.05, 3.63) is 143 Å². The largest absolute Gasteiger partial charge is 0.378 e. The molecule has 1 saturated heterocycles. The van der Waals surface area contributed by atoms with Crippen LogP contribution in [0.5, 0.6) is 0 Å². The molecule has 1 aliphatic rings.